The van der Waals surface area contributed by atoms with Crippen LogP contribution < -0.4 is 4.74 Å². The molecule has 1 N–H and O–H groups in total. The zero-order chi connectivity index (χ0) is 11.5. The Hall–Kier alpha value is -1.23. The van der Waals surface area contributed by atoms with Gasteiger partial charge in [0.15, 0.2) is 11.6 Å². The van der Waals surface area contributed by atoms with Gasteiger partial charge in [-0.25, -0.2) is 4.39 Å². The van der Waals surface area contributed by atoms with Gasteiger partial charge in [0.05, 0.1) is 6.61 Å². The van der Waals surface area contributed by atoms with E-state index >= 15 is 0 Å². The largest absolute Gasteiger partial charge is 0.491 e. The molecule has 0 unspecified atom stereocenters. The fourth-order valence-corrected chi connectivity index (χ4v) is 1.09. The SMILES string of the molecule is CCOc1ccc(C(F)(F)CO)cc1F. The first-order valence-corrected chi connectivity index (χ1v) is 4.42. The summed E-state index contributed by atoms with van der Waals surface area (Å²) < 4.78 is 43.9. The van der Waals surface area contributed by atoms with Crippen LogP contribution in [0.15, 0.2) is 18.2 Å². The lowest BCUT2D eigenvalue weighted by Crippen LogP contribution is -2.18. The Morgan fingerprint density at radius 3 is 2.53 bits per heavy atom. The number of aliphatic hydroxyl groups is 1. The Morgan fingerprint density at radius 1 is 1.40 bits per heavy atom. The van der Waals surface area contributed by atoms with Crippen molar-refractivity contribution in [1.29, 1.82) is 0 Å². The molecule has 0 aliphatic carbocycles. The molecule has 2 nitrogen and oxygen atoms in total. The molecule has 0 atom stereocenters. The molecule has 0 radical (unpaired) electrons. The summed E-state index contributed by atoms with van der Waals surface area (Å²) in [6.07, 6.45) is 0. The van der Waals surface area contributed by atoms with E-state index in [-0.39, 0.29) is 12.4 Å². The quantitative estimate of drug-likeness (QED) is 0.843. The molecule has 0 saturated carbocycles. The molecule has 0 spiro atoms. The minimum Gasteiger partial charge on any atom is -0.491 e. The van der Waals surface area contributed by atoms with Crippen LogP contribution in [0.2, 0.25) is 0 Å². The van der Waals surface area contributed by atoms with E-state index in [1.807, 2.05) is 0 Å². The summed E-state index contributed by atoms with van der Waals surface area (Å²) in [5.74, 6) is -4.36. The lowest BCUT2D eigenvalue weighted by Gasteiger charge is -2.14. The predicted molar refractivity (Wildman–Crippen MR) is 48.5 cm³/mol. The van der Waals surface area contributed by atoms with Gasteiger partial charge < -0.3 is 9.84 Å². The highest BCUT2D eigenvalue weighted by Gasteiger charge is 2.31. The molecule has 1 aromatic carbocycles. The predicted octanol–water partition coefficient (Wildman–Crippen LogP) is 2.31. The summed E-state index contributed by atoms with van der Waals surface area (Å²) in [5, 5.41) is 8.41. The van der Waals surface area contributed by atoms with Gasteiger partial charge in [-0.2, -0.15) is 8.78 Å². The van der Waals surface area contributed by atoms with E-state index < -0.39 is 23.9 Å². The lowest BCUT2D eigenvalue weighted by molar-refractivity contribution is -0.0558. The average Bonchev–Trinajstić information content (AvgIpc) is 2.21. The van der Waals surface area contributed by atoms with Crippen LogP contribution in [-0.4, -0.2) is 18.3 Å². The molecular weight excluding hydrogens is 209 g/mol. The molecule has 15 heavy (non-hydrogen) atoms. The van der Waals surface area contributed by atoms with Gasteiger partial charge in [-0.1, -0.05) is 0 Å². The topological polar surface area (TPSA) is 29.5 Å². The molecule has 5 heteroatoms. The third kappa shape index (κ3) is 2.62. The average molecular weight is 220 g/mol. The molecule has 0 aliphatic rings. The van der Waals surface area contributed by atoms with Crippen molar-refractivity contribution < 1.29 is 23.0 Å². The second-order valence-electron chi connectivity index (χ2n) is 2.94. The number of hydrogen-bond donors (Lipinski definition) is 1. The Kier molecular flexibility index (Phi) is 3.57. The van der Waals surface area contributed by atoms with Crippen molar-refractivity contribution in [2.75, 3.05) is 13.2 Å². The standard InChI is InChI=1S/C10H11F3O2/c1-2-15-9-4-3-7(5-8(9)11)10(12,13)6-14/h3-5,14H,2,6H2,1H3. The van der Waals surface area contributed by atoms with Crippen LogP contribution in [0, 0.1) is 5.82 Å². The maximum atomic E-state index is 13.2. The third-order valence-electron chi connectivity index (χ3n) is 1.85. The highest BCUT2D eigenvalue weighted by atomic mass is 19.3. The van der Waals surface area contributed by atoms with Gasteiger partial charge in [0.2, 0.25) is 0 Å². The van der Waals surface area contributed by atoms with Gasteiger partial charge in [-0.3, -0.25) is 0 Å². The maximum Gasteiger partial charge on any atom is 0.295 e. The molecule has 0 aromatic heterocycles. The number of ether oxygens (including phenoxy) is 1. The summed E-state index contributed by atoms with van der Waals surface area (Å²) in [4.78, 5) is 0. The number of hydrogen-bond acceptors (Lipinski definition) is 2. The normalized spacial score (nSPS) is 11.5. The molecule has 0 bridgehead atoms. The monoisotopic (exact) mass is 220 g/mol. The highest BCUT2D eigenvalue weighted by molar-refractivity contribution is 5.31. The Labute approximate surface area is 85.3 Å². The first kappa shape index (κ1) is 11.8. The van der Waals surface area contributed by atoms with E-state index in [1.165, 1.54) is 0 Å². The van der Waals surface area contributed by atoms with E-state index in [0.29, 0.717) is 6.07 Å². The van der Waals surface area contributed by atoms with Crippen molar-refractivity contribution in [2.24, 2.45) is 0 Å². The van der Waals surface area contributed by atoms with Crippen LogP contribution >= 0.6 is 0 Å². The summed E-state index contributed by atoms with van der Waals surface area (Å²) in [5.41, 5.74) is -0.564. The summed E-state index contributed by atoms with van der Waals surface area (Å²) >= 11 is 0. The summed E-state index contributed by atoms with van der Waals surface area (Å²) in [6, 6.07) is 2.82. The van der Waals surface area contributed by atoms with E-state index in [9.17, 15) is 13.2 Å². The lowest BCUT2D eigenvalue weighted by atomic mass is 10.1. The molecule has 0 amide bonds. The zero-order valence-corrected chi connectivity index (χ0v) is 8.14. The van der Waals surface area contributed by atoms with E-state index in [1.54, 1.807) is 6.92 Å². The summed E-state index contributed by atoms with van der Waals surface area (Å²) in [6.45, 7) is 0.572. The van der Waals surface area contributed by atoms with Gasteiger partial charge in [0.25, 0.3) is 5.92 Å². The van der Waals surface area contributed by atoms with Crippen molar-refractivity contribution in [3.63, 3.8) is 0 Å². The fraction of sp³-hybridized carbons (Fsp3) is 0.400. The summed E-state index contributed by atoms with van der Waals surface area (Å²) in [7, 11) is 0. The molecule has 0 heterocycles. The van der Waals surface area contributed by atoms with Gasteiger partial charge in [0, 0.05) is 5.56 Å². The van der Waals surface area contributed by atoms with E-state index in [4.69, 9.17) is 9.84 Å². The van der Waals surface area contributed by atoms with Crippen LogP contribution in [0.5, 0.6) is 5.75 Å². The minimum atomic E-state index is -3.43. The molecule has 1 aromatic rings. The maximum absolute atomic E-state index is 13.2. The number of rotatable bonds is 4. The van der Waals surface area contributed by atoms with Crippen LogP contribution in [0.3, 0.4) is 0 Å². The Morgan fingerprint density at radius 2 is 2.07 bits per heavy atom. The van der Waals surface area contributed by atoms with Crippen molar-refractivity contribution in [3.05, 3.63) is 29.6 Å². The first-order valence-electron chi connectivity index (χ1n) is 4.42. The second-order valence-corrected chi connectivity index (χ2v) is 2.94. The molecule has 1 rings (SSSR count). The van der Waals surface area contributed by atoms with Crippen LogP contribution in [0.4, 0.5) is 13.2 Å². The second kappa shape index (κ2) is 4.53. The molecule has 84 valence electrons. The smallest absolute Gasteiger partial charge is 0.295 e. The van der Waals surface area contributed by atoms with Crippen molar-refractivity contribution in [3.8, 4) is 5.75 Å². The zero-order valence-electron chi connectivity index (χ0n) is 8.14. The first-order chi connectivity index (χ1) is 7.01. The molecular formula is C10H11F3O2. The van der Waals surface area contributed by atoms with Crippen LogP contribution in [0.1, 0.15) is 12.5 Å². The highest BCUT2D eigenvalue weighted by Crippen LogP contribution is 2.30. The van der Waals surface area contributed by atoms with E-state index in [0.717, 1.165) is 12.1 Å². The van der Waals surface area contributed by atoms with Crippen molar-refractivity contribution in [1.82, 2.24) is 0 Å². The van der Waals surface area contributed by atoms with Gasteiger partial charge >= 0.3 is 0 Å². The van der Waals surface area contributed by atoms with Crippen molar-refractivity contribution >= 4 is 0 Å². The number of aliphatic hydroxyl groups excluding tert-OH is 1. The van der Waals surface area contributed by atoms with Crippen LogP contribution in [-0.2, 0) is 5.92 Å². The van der Waals surface area contributed by atoms with Crippen molar-refractivity contribution in [2.45, 2.75) is 12.8 Å². The Balaban J connectivity index is 3.01. The molecule has 0 fully saturated rings. The number of halogens is 3. The van der Waals surface area contributed by atoms with E-state index in [2.05, 4.69) is 0 Å². The minimum absolute atomic E-state index is 0.0741. The fourth-order valence-electron chi connectivity index (χ4n) is 1.09. The molecule has 0 aliphatic heterocycles. The van der Waals surface area contributed by atoms with Crippen LogP contribution in [0.25, 0.3) is 0 Å². The van der Waals surface area contributed by atoms with Gasteiger partial charge in [0.1, 0.15) is 6.61 Å². The third-order valence-corrected chi connectivity index (χ3v) is 1.85. The van der Waals surface area contributed by atoms with Gasteiger partial charge in [-0.15, -0.1) is 0 Å². The number of benzene rings is 1. The Bertz CT molecular complexity index is 339. The van der Waals surface area contributed by atoms with Gasteiger partial charge in [-0.05, 0) is 25.1 Å². The molecule has 0 saturated heterocycles. The number of alkyl halides is 2.